The van der Waals surface area contributed by atoms with Crippen molar-refractivity contribution in [2.24, 2.45) is 0 Å². The molecule has 0 aromatic heterocycles. The van der Waals surface area contributed by atoms with Gasteiger partial charge in [0.2, 0.25) is 0 Å². The summed E-state index contributed by atoms with van der Waals surface area (Å²) in [7, 11) is 0. The summed E-state index contributed by atoms with van der Waals surface area (Å²) in [6.45, 7) is 0. The zero-order valence-corrected chi connectivity index (χ0v) is 13.3. The van der Waals surface area contributed by atoms with Crippen molar-refractivity contribution < 1.29 is 32.9 Å². The summed E-state index contributed by atoms with van der Waals surface area (Å²) in [4.78, 5) is 0. The maximum Gasteiger partial charge on any atom is 3.00 e. The first-order valence-electron chi connectivity index (χ1n) is 0. The molecule has 72 valence electrons. The van der Waals surface area contributed by atoms with Crippen LogP contribution in [0.1, 0.15) is 0 Å². The van der Waals surface area contributed by atoms with Crippen LogP contribution in [-0.2, 0) is 16.4 Å². The van der Waals surface area contributed by atoms with E-state index in [4.69, 9.17) is 0 Å². The average molecular weight is 319 g/mol. The summed E-state index contributed by atoms with van der Waals surface area (Å²) in [5.41, 5.74) is 0. The van der Waals surface area contributed by atoms with Crippen molar-refractivity contribution in [1.82, 2.24) is 0 Å². The van der Waals surface area contributed by atoms with Gasteiger partial charge in [-0.05, 0) is 0 Å². The van der Waals surface area contributed by atoms with Crippen molar-refractivity contribution in [2.45, 2.75) is 0 Å². The minimum absolute atomic E-state index is 0. The monoisotopic (exact) mass is 318 g/mol. The van der Waals surface area contributed by atoms with Gasteiger partial charge < -0.3 is 32.9 Å². The van der Waals surface area contributed by atoms with Crippen LogP contribution in [0.3, 0.4) is 0 Å². The Labute approximate surface area is 138 Å². The molecular weight excluding hydrogens is 310 g/mol. The molecule has 13 heteroatoms. The number of rotatable bonds is 0. The fourth-order valence-electron chi connectivity index (χ4n) is 0. The summed E-state index contributed by atoms with van der Waals surface area (Å²) >= 11 is 0. The van der Waals surface area contributed by atoms with Crippen LogP contribution >= 0.6 is 37.2 Å². The number of halogens is 3. The molecule has 0 aliphatic rings. The molecule has 0 radical (unpaired) electrons. The predicted octanol–water partition coefficient (Wildman–Crippen LogP) is -3.09. The molecule has 0 aromatic carbocycles. The van der Waals surface area contributed by atoms with E-state index in [0.29, 0.717) is 0 Å². The third-order valence-corrected chi connectivity index (χ3v) is 0. The molecule has 0 amide bonds. The Morgan fingerprint density at radius 1 is 0.308 bits per heavy atom. The largest absolute Gasteiger partial charge is 3.00 e. The van der Waals surface area contributed by atoms with E-state index >= 15 is 0 Å². The van der Waals surface area contributed by atoms with Crippen LogP contribution in [-0.4, -0.2) is 85.9 Å². The molecule has 0 rings (SSSR count). The molecule has 0 aliphatic carbocycles. The Kier molecular flexibility index (Phi) is 12700. The van der Waals surface area contributed by atoms with Gasteiger partial charge in [0.15, 0.2) is 0 Å². The first-order chi connectivity index (χ1) is 0. The second kappa shape index (κ2) is 367. The Morgan fingerprint density at radius 3 is 0.308 bits per heavy atom. The molecule has 0 bridgehead atoms. The van der Waals surface area contributed by atoms with Crippen molar-refractivity contribution in [3.05, 3.63) is 0 Å². The van der Waals surface area contributed by atoms with Crippen LogP contribution < -0.4 is 0 Å². The molecule has 0 aromatic rings. The molecular formula is H9Al4Cl3O6+6. The maximum atomic E-state index is 0. The van der Waals surface area contributed by atoms with Crippen molar-refractivity contribution in [3.63, 3.8) is 0 Å². The minimum Gasteiger partial charge on any atom is -2.00 e. The third kappa shape index (κ3) is 315. The molecule has 0 aliphatic heterocycles. The van der Waals surface area contributed by atoms with E-state index in [9.17, 15) is 0 Å². The molecule has 0 fully saturated rings. The second-order valence-corrected chi connectivity index (χ2v) is 0. The Hall–Kier alpha value is 2.76. The third-order valence-electron chi connectivity index (χ3n) is 0. The number of hydrogen-bond donors (Lipinski definition) is 0. The Morgan fingerprint density at radius 2 is 0.308 bits per heavy atom. The van der Waals surface area contributed by atoms with Gasteiger partial charge in [-0.2, -0.15) is 0 Å². The van der Waals surface area contributed by atoms with Gasteiger partial charge in [0.05, 0.1) is 0 Å². The fraction of sp³-hybridized carbons (Fsp3) is 0. The minimum atomic E-state index is 0. The molecule has 0 heterocycles. The molecule has 0 atom stereocenters. The summed E-state index contributed by atoms with van der Waals surface area (Å²) in [5, 5.41) is 0. The standard InChI is InChI=1S/4Al.3ClH.3H2O.3O/h;;;;3*1H;3*1H2;;;/q4*+3;;;;;;;3*-2. The van der Waals surface area contributed by atoms with Crippen molar-refractivity contribution in [2.75, 3.05) is 0 Å². The maximum absolute atomic E-state index is 0. The van der Waals surface area contributed by atoms with Crippen molar-refractivity contribution in [3.8, 4) is 0 Å². The van der Waals surface area contributed by atoms with Crippen LogP contribution in [0.5, 0.6) is 0 Å². The average Bonchev–Trinajstić information content (AvgIpc) is 0. The van der Waals surface area contributed by atoms with Gasteiger partial charge in [0, 0.05) is 0 Å². The van der Waals surface area contributed by atoms with E-state index in [1.165, 1.54) is 0 Å². The second-order valence-electron chi connectivity index (χ2n) is 0. The smallest absolute Gasteiger partial charge is 2.00 e. The van der Waals surface area contributed by atoms with Crippen molar-refractivity contribution in [1.29, 1.82) is 0 Å². The molecule has 0 unspecified atom stereocenters. The predicted molar refractivity (Wildman–Crippen MR) is 57.7 cm³/mol. The van der Waals surface area contributed by atoms with Gasteiger partial charge in [0.25, 0.3) is 0 Å². The van der Waals surface area contributed by atoms with Gasteiger partial charge in [-0.15, -0.1) is 37.2 Å². The van der Waals surface area contributed by atoms with E-state index < -0.39 is 0 Å². The molecule has 6 nitrogen and oxygen atoms in total. The van der Waals surface area contributed by atoms with E-state index in [-0.39, 0.29) is 140 Å². The van der Waals surface area contributed by atoms with Gasteiger partial charge in [-0.25, -0.2) is 0 Å². The molecule has 0 spiro atoms. The van der Waals surface area contributed by atoms with E-state index in [2.05, 4.69) is 0 Å². The fourth-order valence-corrected chi connectivity index (χ4v) is 0. The summed E-state index contributed by atoms with van der Waals surface area (Å²) in [6, 6.07) is 0. The first kappa shape index (κ1) is 451. The van der Waals surface area contributed by atoms with E-state index in [1.54, 1.807) is 0 Å². The zero-order valence-electron chi connectivity index (χ0n) is 6.26. The summed E-state index contributed by atoms with van der Waals surface area (Å²) in [6.07, 6.45) is 0. The van der Waals surface area contributed by atoms with Crippen molar-refractivity contribution >= 4 is 107 Å². The van der Waals surface area contributed by atoms with E-state index in [1.807, 2.05) is 0 Å². The normalized spacial score (nSPS) is 0. The number of hydrogen-bond acceptors (Lipinski definition) is 0. The van der Waals surface area contributed by atoms with Gasteiger partial charge in [0.1, 0.15) is 0 Å². The quantitative estimate of drug-likeness (QED) is 0.411. The molecule has 0 saturated carbocycles. The van der Waals surface area contributed by atoms with Gasteiger partial charge in [-0.3, -0.25) is 0 Å². The summed E-state index contributed by atoms with van der Waals surface area (Å²) in [5.74, 6) is 0. The van der Waals surface area contributed by atoms with Crippen LogP contribution in [0.2, 0.25) is 0 Å². The zero-order chi connectivity index (χ0) is 0. The summed E-state index contributed by atoms with van der Waals surface area (Å²) < 4.78 is 0. The van der Waals surface area contributed by atoms with E-state index in [0.717, 1.165) is 0 Å². The topological polar surface area (TPSA) is 180 Å². The first-order valence-corrected chi connectivity index (χ1v) is 0. The van der Waals surface area contributed by atoms with Gasteiger partial charge >= 0.3 is 69.4 Å². The Balaban J connectivity index is 0. The van der Waals surface area contributed by atoms with Crippen LogP contribution in [0.4, 0.5) is 0 Å². The SMILES string of the molecule is Cl.Cl.Cl.O.O.O.[Al+3].[Al+3].[Al+3].[Al+3].[O-2].[O-2].[O-2]. The Bertz CT molecular complexity index is 19.8. The van der Waals surface area contributed by atoms with Crippen LogP contribution in [0, 0.1) is 0 Å². The van der Waals surface area contributed by atoms with Crippen LogP contribution in [0.25, 0.3) is 0 Å². The molecule has 6 N–H and O–H groups in total. The molecule has 0 saturated heterocycles. The molecule has 13 heavy (non-hydrogen) atoms. The van der Waals surface area contributed by atoms with Gasteiger partial charge in [-0.1, -0.05) is 0 Å². The van der Waals surface area contributed by atoms with Crippen LogP contribution in [0.15, 0.2) is 0 Å².